The Hall–Kier alpha value is -3.56. The third-order valence-corrected chi connectivity index (χ3v) is 8.43. The number of allylic oxidation sites excluding steroid dienone is 1. The van der Waals surface area contributed by atoms with Crippen LogP contribution in [0.4, 0.5) is 10.1 Å². The lowest BCUT2D eigenvalue weighted by molar-refractivity contribution is 0.0946. The molecule has 1 amide bonds. The van der Waals surface area contributed by atoms with Gasteiger partial charge >= 0.3 is 0 Å². The molecule has 0 radical (unpaired) electrons. The number of fused-ring (bicyclic) bond motifs is 2. The Morgan fingerprint density at radius 3 is 2.50 bits per heavy atom. The number of amides is 1. The summed E-state index contributed by atoms with van der Waals surface area (Å²) in [6, 6.07) is 10.6. The van der Waals surface area contributed by atoms with Gasteiger partial charge in [0.2, 0.25) is 0 Å². The van der Waals surface area contributed by atoms with Gasteiger partial charge in [0.05, 0.1) is 16.6 Å². The van der Waals surface area contributed by atoms with Gasteiger partial charge in [0, 0.05) is 51.4 Å². The maximum atomic E-state index is 15.1. The van der Waals surface area contributed by atoms with Gasteiger partial charge in [-0.15, -0.1) is 0 Å². The molecule has 2 fully saturated rings. The van der Waals surface area contributed by atoms with Crippen molar-refractivity contribution in [1.29, 1.82) is 0 Å². The van der Waals surface area contributed by atoms with E-state index in [1.807, 2.05) is 35.2 Å². The van der Waals surface area contributed by atoms with E-state index in [2.05, 4.69) is 22.2 Å². The minimum absolute atomic E-state index is 0.0644. The summed E-state index contributed by atoms with van der Waals surface area (Å²) in [5, 5.41) is 3.35. The normalized spacial score (nSPS) is 19.4. The highest BCUT2D eigenvalue weighted by Gasteiger charge is 2.24. The highest BCUT2D eigenvalue weighted by molar-refractivity contribution is 5.94. The molecule has 3 aromatic rings. The fraction of sp³-hybridized carbons (Fsp3) is 0.452. The van der Waals surface area contributed by atoms with Crippen molar-refractivity contribution in [3.8, 4) is 0 Å². The van der Waals surface area contributed by atoms with Crippen molar-refractivity contribution in [1.82, 2.24) is 24.7 Å². The molecule has 0 saturated carbocycles. The molecule has 0 atom stereocenters. The first-order chi connectivity index (χ1) is 19.5. The van der Waals surface area contributed by atoms with E-state index in [-0.39, 0.29) is 17.3 Å². The summed E-state index contributed by atoms with van der Waals surface area (Å²) >= 11 is 0. The Morgan fingerprint density at radius 1 is 1.00 bits per heavy atom. The number of nitrogens with zero attached hydrogens (tertiary/aromatic N) is 5. The van der Waals surface area contributed by atoms with Crippen LogP contribution in [0.2, 0.25) is 0 Å². The second-order valence-electron chi connectivity index (χ2n) is 11.2. The number of halogens is 1. The van der Waals surface area contributed by atoms with E-state index in [0.717, 1.165) is 56.9 Å². The number of hydrogen-bond acceptors (Lipinski definition) is 6. The van der Waals surface area contributed by atoms with Crippen LogP contribution in [-0.4, -0.2) is 84.7 Å². The van der Waals surface area contributed by atoms with Crippen molar-refractivity contribution in [2.45, 2.75) is 32.2 Å². The van der Waals surface area contributed by atoms with E-state index in [4.69, 9.17) is 4.98 Å². The monoisotopic (exact) mass is 544 g/mol. The van der Waals surface area contributed by atoms with Crippen LogP contribution >= 0.6 is 0 Å². The molecule has 9 heteroatoms. The lowest BCUT2D eigenvalue weighted by Gasteiger charge is -2.34. The third-order valence-electron chi connectivity index (χ3n) is 8.43. The summed E-state index contributed by atoms with van der Waals surface area (Å²) in [7, 11) is 2.06. The van der Waals surface area contributed by atoms with Gasteiger partial charge in [0.25, 0.3) is 11.5 Å². The zero-order chi connectivity index (χ0) is 27.6. The molecule has 3 aliphatic rings. The fourth-order valence-electron chi connectivity index (χ4n) is 6.00. The molecule has 2 saturated heterocycles. The van der Waals surface area contributed by atoms with Crippen molar-refractivity contribution < 1.29 is 9.18 Å². The van der Waals surface area contributed by atoms with E-state index in [1.54, 1.807) is 10.6 Å². The smallest absolute Gasteiger partial charge is 0.261 e. The number of rotatable bonds is 6. The fourth-order valence-corrected chi connectivity index (χ4v) is 6.00. The van der Waals surface area contributed by atoms with Crippen molar-refractivity contribution in [3.05, 3.63) is 69.5 Å². The number of hydrogen-bond donors (Lipinski definition) is 1. The van der Waals surface area contributed by atoms with Gasteiger partial charge in [-0.2, -0.15) is 0 Å². The standard InChI is InChI=1S/C31H37FN6O2/c1-35-15-17-37(18-16-35)28-21-27-25(20-26(28)32)31(40)38-13-9-24(29(38)34-27)19-22-5-7-23(8-6-22)30(39)33-10-14-36-11-3-2-4-12-36/h5-8,19-21H,2-4,9-18H2,1H3,(H,33,39)/b24-19+. The average molecular weight is 545 g/mol. The van der Waals surface area contributed by atoms with Crippen molar-refractivity contribution in [2.24, 2.45) is 0 Å². The molecule has 6 rings (SSSR count). The largest absolute Gasteiger partial charge is 0.367 e. The molecule has 0 unspecified atom stereocenters. The molecule has 0 spiro atoms. The van der Waals surface area contributed by atoms with Crippen molar-refractivity contribution >= 4 is 34.1 Å². The van der Waals surface area contributed by atoms with Crippen LogP contribution in [-0.2, 0) is 6.54 Å². The molecular weight excluding hydrogens is 507 g/mol. The predicted octanol–water partition coefficient (Wildman–Crippen LogP) is 3.45. The lowest BCUT2D eigenvalue weighted by atomic mass is 10.1. The zero-order valence-electron chi connectivity index (χ0n) is 23.2. The Morgan fingerprint density at radius 2 is 1.75 bits per heavy atom. The van der Waals surface area contributed by atoms with Gasteiger partial charge in [-0.25, -0.2) is 9.37 Å². The molecule has 3 aliphatic heterocycles. The van der Waals surface area contributed by atoms with Gasteiger partial charge in [-0.1, -0.05) is 18.6 Å². The van der Waals surface area contributed by atoms with Crippen LogP contribution in [0.3, 0.4) is 0 Å². The predicted molar refractivity (Wildman–Crippen MR) is 157 cm³/mol. The molecule has 8 nitrogen and oxygen atoms in total. The van der Waals surface area contributed by atoms with Crippen LogP contribution < -0.4 is 15.8 Å². The summed E-state index contributed by atoms with van der Waals surface area (Å²) in [6.45, 7) is 7.49. The van der Waals surface area contributed by atoms with Gasteiger partial charge in [0.1, 0.15) is 11.6 Å². The molecular formula is C31H37FN6O2. The van der Waals surface area contributed by atoms with Gasteiger partial charge in [-0.3, -0.25) is 14.2 Å². The molecule has 1 N–H and O–H groups in total. The highest BCUT2D eigenvalue weighted by atomic mass is 19.1. The first kappa shape index (κ1) is 26.7. The quantitative estimate of drug-likeness (QED) is 0.513. The van der Waals surface area contributed by atoms with Crippen LogP contribution in [0.15, 0.2) is 41.2 Å². The van der Waals surface area contributed by atoms with E-state index >= 15 is 4.39 Å². The number of nitrogens with one attached hydrogen (secondary N) is 1. The number of benzene rings is 2. The number of likely N-dealkylation sites (N-methyl/N-ethyl adjacent to an activating group) is 1. The Labute approximate surface area is 234 Å². The number of anilines is 1. The highest BCUT2D eigenvalue weighted by Crippen LogP contribution is 2.30. The first-order valence-corrected chi connectivity index (χ1v) is 14.5. The van der Waals surface area contributed by atoms with Crippen molar-refractivity contribution in [3.63, 3.8) is 0 Å². The van der Waals surface area contributed by atoms with E-state index < -0.39 is 0 Å². The summed E-state index contributed by atoms with van der Waals surface area (Å²) < 4.78 is 16.7. The molecule has 40 heavy (non-hydrogen) atoms. The number of piperazine rings is 1. The minimum Gasteiger partial charge on any atom is -0.367 e. The number of likely N-dealkylation sites (tertiary alicyclic amines) is 1. The summed E-state index contributed by atoms with van der Waals surface area (Å²) in [6.07, 6.45) is 6.49. The lowest BCUT2D eigenvalue weighted by Crippen LogP contribution is -2.44. The SMILES string of the molecule is CN1CCN(c2cc3nc4n(c(=O)c3cc2F)CC/C4=C\c2ccc(C(=O)NCCN3CCCCC3)cc2)CC1. The number of aromatic nitrogens is 2. The second kappa shape index (κ2) is 11.5. The summed E-state index contributed by atoms with van der Waals surface area (Å²) in [5.41, 5.74) is 3.36. The summed E-state index contributed by atoms with van der Waals surface area (Å²) in [5.74, 6) is 0.194. The molecule has 1 aromatic heterocycles. The van der Waals surface area contributed by atoms with Crippen molar-refractivity contribution in [2.75, 3.05) is 64.3 Å². The maximum absolute atomic E-state index is 15.1. The molecule has 4 heterocycles. The first-order valence-electron chi connectivity index (χ1n) is 14.5. The number of piperidine rings is 1. The van der Waals surface area contributed by atoms with Gasteiger partial charge in [0.15, 0.2) is 0 Å². The van der Waals surface area contributed by atoms with Crippen LogP contribution in [0, 0.1) is 5.82 Å². The van der Waals surface area contributed by atoms with Crippen LogP contribution in [0.25, 0.3) is 22.6 Å². The number of carbonyl (C=O) groups is 1. The number of carbonyl (C=O) groups excluding carboxylic acids is 1. The Kier molecular flexibility index (Phi) is 7.67. The molecule has 210 valence electrons. The van der Waals surface area contributed by atoms with E-state index in [0.29, 0.717) is 47.5 Å². The Bertz CT molecular complexity index is 1480. The molecule has 0 aliphatic carbocycles. The molecule has 0 bridgehead atoms. The minimum atomic E-state index is -0.374. The zero-order valence-corrected chi connectivity index (χ0v) is 23.2. The average Bonchev–Trinajstić information content (AvgIpc) is 3.37. The van der Waals surface area contributed by atoms with E-state index in [9.17, 15) is 9.59 Å². The molecule has 2 aromatic carbocycles. The maximum Gasteiger partial charge on any atom is 0.261 e. The van der Waals surface area contributed by atoms with Crippen LogP contribution in [0.5, 0.6) is 0 Å². The summed E-state index contributed by atoms with van der Waals surface area (Å²) in [4.78, 5) is 37.4. The van der Waals surface area contributed by atoms with Gasteiger partial charge in [-0.05, 0) is 80.9 Å². The second-order valence-corrected chi connectivity index (χ2v) is 11.2. The van der Waals surface area contributed by atoms with Gasteiger partial charge < -0.3 is 20.0 Å². The van der Waals surface area contributed by atoms with E-state index in [1.165, 1.54) is 25.3 Å². The Balaban J connectivity index is 1.19. The third kappa shape index (κ3) is 5.53. The topological polar surface area (TPSA) is 73.7 Å². The van der Waals surface area contributed by atoms with Crippen LogP contribution in [0.1, 0.15) is 47.4 Å².